The molecule has 7 heteroatoms. The second-order valence-electron chi connectivity index (χ2n) is 5.62. The van der Waals surface area contributed by atoms with E-state index in [1.54, 1.807) is 22.8 Å². The summed E-state index contributed by atoms with van der Waals surface area (Å²) in [6, 6.07) is 9.76. The molecule has 2 heterocycles. The molecule has 1 amide bonds. The van der Waals surface area contributed by atoms with Crippen LogP contribution >= 0.6 is 0 Å². The Morgan fingerprint density at radius 2 is 2.08 bits per heavy atom. The van der Waals surface area contributed by atoms with Crippen LogP contribution in [0.1, 0.15) is 16.2 Å². The number of hydrogen-bond donors (Lipinski definition) is 1. The molecule has 0 aliphatic carbocycles. The first-order valence-corrected chi connectivity index (χ1v) is 7.80. The number of amides is 1. The minimum atomic E-state index is -0.137. The highest BCUT2D eigenvalue weighted by molar-refractivity contribution is 5.93. The van der Waals surface area contributed by atoms with Gasteiger partial charge in [0, 0.05) is 31.7 Å². The van der Waals surface area contributed by atoms with E-state index >= 15 is 0 Å². The summed E-state index contributed by atoms with van der Waals surface area (Å²) < 4.78 is 1.68. The molecule has 124 valence electrons. The SMILES string of the molecule is CNCCN(C)C(=O)c1nnn(-c2cccc3cccnc23)c1C. The number of likely N-dealkylation sites (N-methyl/N-ethyl adjacent to an activating group) is 2. The van der Waals surface area contributed by atoms with Crippen molar-refractivity contribution in [1.82, 2.24) is 30.2 Å². The molecule has 0 aliphatic rings. The zero-order valence-electron chi connectivity index (χ0n) is 14.0. The van der Waals surface area contributed by atoms with Gasteiger partial charge >= 0.3 is 0 Å². The van der Waals surface area contributed by atoms with Crippen LogP contribution in [0.5, 0.6) is 0 Å². The molecule has 3 aromatic rings. The maximum atomic E-state index is 12.5. The zero-order valence-corrected chi connectivity index (χ0v) is 14.0. The Morgan fingerprint density at radius 3 is 2.88 bits per heavy atom. The normalized spacial score (nSPS) is 11.0. The molecule has 1 N–H and O–H groups in total. The summed E-state index contributed by atoms with van der Waals surface area (Å²) in [7, 11) is 3.62. The van der Waals surface area contributed by atoms with Crippen molar-refractivity contribution >= 4 is 16.8 Å². The molecule has 0 unspecified atom stereocenters. The van der Waals surface area contributed by atoms with Crippen LogP contribution in [-0.2, 0) is 0 Å². The van der Waals surface area contributed by atoms with E-state index < -0.39 is 0 Å². The molecule has 0 bridgehead atoms. The predicted octanol–water partition coefficient (Wildman–Crippen LogP) is 1.42. The summed E-state index contributed by atoms with van der Waals surface area (Å²) in [5.74, 6) is -0.137. The molecule has 7 nitrogen and oxygen atoms in total. The third kappa shape index (κ3) is 2.85. The molecule has 0 atom stereocenters. The predicted molar refractivity (Wildman–Crippen MR) is 92.3 cm³/mol. The minimum Gasteiger partial charge on any atom is -0.339 e. The second kappa shape index (κ2) is 6.76. The highest BCUT2D eigenvalue weighted by Crippen LogP contribution is 2.21. The van der Waals surface area contributed by atoms with Gasteiger partial charge in [-0.15, -0.1) is 5.10 Å². The Balaban J connectivity index is 1.99. The fourth-order valence-electron chi connectivity index (χ4n) is 2.58. The van der Waals surface area contributed by atoms with Crippen LogP contribution in [0.3, 0.4) is 0 Å². The lowest BCUT2D eigenvalue weighted by molar-refractivity contribution is 0.0790. The molecule has 1 aromatic carbocycles. The number of aromatic nitrogens is 4. The van der Waals surface area contributed by atoms with Crippen molar-refractivity contribution in [3.63, 3.8) is 0 Å². The van der Waals surface area contributed by atoms with Gasteiger partial charge in [-0.25, -0.2) is 4.68 Å². The third-order valence-electron chi connectivity index (χ3n) is 3.98. The summed E-state index contributed by atoms with van der Waals surface area (Å²) in [6.45, 7) is 3.18. The summed E-state index contributed by atoms with van der Waals surface area (Å²) in [5.41, 5.74) is 2.71. The highest BCUT2D eigenvalue weighted by Gasteiger charge is 2.21. The number of para-hydroxylation sites is 1. The lowest BCUT2D eigenvalue weighted by Gasteiger charge is -2.15. The zero-order chi connectivity index (χ0) is 17.1. The first-order chi connectivity index (χ1) is 11.6. The van der Waals surface area contributed by atoms with Crippen molar-refractivity contribution in [2.24, 2.45) is 0 Å². The second-order valence-corrected chi connectivity index (χ2v) is 5.62. The van der Waals surface area contributed by atoms with Crippen LogP contribution in [0.25, 0.3) is 16.6 Å². The first-order valence-electron chi connectivity index (χ1n) is 7.80. The van der Waals surface area contributed by atoms with Crippen molar-refractivity contribution in [2.45, 2.75) is 6.92 Å². The Morgan fingerprint density at radius 1 is 1.29 bits per heavy atom. The lowest BCUT2D eigenvalue weighted by atomic mass is 10.2. The fraction of sp³-hybridized carbons (Fsp3) is 0.294. The Bertz CT molecular complexity index is 867. The molecule has 2 aromatic heterocycles. The molecular formula is C17H20N6O. The number of nitrogens with one attached hydrogen (secondary N) is 1. The van der Waals surface area contributed by atoms with Crippen LogP contribution in [0.2, 0.25) is 0 Å². The van der Waals surface area contributed by atoms with E-state index in [1.165, 1.54) is 0 Å². The van der Waals surface area contributed by atoms with Crippen molar-refractivity contribution in [3.8, 4) is 5.69 Å². The summed E-state index contributed by atoms with van der Waals surface area (Å²) in [4.78, 5) is 18.6. The molecule has 0 saturated heterocycles. The van der Waals surface area contributed by atoms with Crippen molar-refractivity contribution in [2.75, 3.05) is 27.2 Å². The summed E-state index contributed by atoms with van der Waals surface area (Å²) in [6.07, 6.45) is 1.75. The standard InChI is InChI=1S/C17H20N6O/c1-12-15(17(24)22(3)11-10-18-2)20-21-23(12)14-8-4-6-13-7-5-9-19-16(13)14/h4-9,18H,10-11H2,1-3H3. The van der Waals surface area contributed by atoms with Gasteiger partial charge < -0.3 is 10.2 Å². The van der Waals surface area contributed by atoms with Crippen LogP contribution in [0.15, 0.2) is 36.5 Å². The van der Waals surface area contributed by atoms with Crippen molar-refractivity contribution < 1.29 is 4.79 Å². The van der Waals surface area contributed by atoms with E-state index in [2.05, 4.69) is 20.6 Å². The van der Waals surface area contributed by atoms with E-state index in [9.17, 15) is 4.79 Å². The van der Waals surface area contributed by atoms with Gasteiger partial charge in [-0.1, -0.05) is 23.4 Å². The third-order valence-corrected chi connectivity index (χ3v) is 3.98. The number of fused-ring (bicyclic) bond motifs is 1. The monoisotopic (exact) mass is 324 g/mol. The van der Waals surface area contributed by atoms with Crippen molar-refractivity contribution in [1.29, 1.82) is 0 Å². The van der Waals surface area contributed by atoms with Gasteiger partial charge in [-0.3, -0.25) is 9.78 Å². The largest absolute Gasteiger partial charge is 0.339 e. The van der Waals surface area contributed by atoms with Crippen LogP contribution in [0.4, 0.5) is 0 Å². The number of benzene rings is 1. The smallest absolute Gasteiger partial charge is 0.276 e. The molecule has 3 rings (SSSR count). The number of carbonyl (C=O) groups excluding carboxylic acids is 1. The maximum Gasteiger partial charge on any atom is 0.276 e. The van der Waals surface area contributed by atoms with Gasteiger partial charge in [0.1, 0.15) is 0 Å². The Hall–Kier alpha value is -2.80. The van der Waals surface area contributed by atoms with Crippen LogP contribution in [0, 0.1) is 6.92 Å². The Labute approximate surface area is 140 Å². The van der Waals surface area contributed by atoms with Gasteiger partial charge in [-0.2, -0.15) is 0 Å². The number of nitrogens with zero attached hydrogens (tertiary/aromatic N) is 5. The quantitative estimate of drug-likeness (QED) is 0.768. The van der Waals surface area contributed by atoms with Crippen LogP contribution < -0.4 is 5.32 Å². The topological polar surface area (TPSA) is 75.9 Å². The molecule has 0 radical (unpaired) electrons. The van der Waals surface area contributed by atoms with E-state index in [1.807, 2.05) is 44.3 Å². The number of carbonyl (C=O) groups is 1. The van der Waals surface area contributed by atoms with Gasteiger partial charge in [0.15, 0.2) is 5.69 Å². The molecule has 0 aliphatic heterocycles. The highest BCUT2D eigenvalue weighted by atomic mass is 16.2. The molecule has 0 fully saturated rings. The first kappa shape index (κ1) is 16.1. The van der Waals surface area contributed by atoms with Gasteiger partial charge in [0.2, 0.25) is 0 Å². The minimum absolute atomic E-state index is 0.137. The summed E-state index contributed by atoms with van der Waals surface area (Å²) in [5, 5.41) is 12.3. The average Bonchev–Trinajstić information content (AvgIpc) is 2.99. The van der Waals surface area contributed by atoms with Gasteiger partial charge in [-0.05, 0) is 26.1 Å². The number of rotatable bonds is 5. The molecule has 0 saturated carbocycles. The van der Waals surface area contributed by atoms with Gasteiger partial charge in [0.05, 0.1) is 16.9 Å². The van der Waals surface area contributed by atoms with E-state index in [0.717, 1.165) is 23.1 Å². The summed E-state index contributed by atoms with van der Waals surface area (Å²) >= 11 is 0. The lowest BCUT2D eigenvalue weighted by Crippen LogP contribution is -2.33. The van der Waals surface area contributed by atoms with E-state index in [4.69, 9.17) is 0 Å². The molecular weight excluding hydrogens is 304 g/mol. The van der Waals surface area contributed by atoms with E-state index in [-0.39, 0.29) is 5.91 Å². The average molecular weight is 324 g/mol. The number of hydrogen-bond acceptors (Lipinski definition) is 5. The van der Waals surface area contributed by atoms with Gasteiger partial charge in [0.25, 0.3) is 5.91 Å². The van der Waals surface area contributed by atoms with Crippen molar-refractivity contribution in [3.05, 3.63) is 47.9 Å². The maximum absolute atomic E-state index is 12.5. The van der Waals surface area contributed by atoms with E-state index in [0.29, 0.717) is 17.9 Å². The Kier molecular flexibility index (Phi) is 4.52. The molecule has 0 spiro atoms. The molecule has 24 heavy (non-hydrogen) atoms. The number of pyridine rings is 1. The van der Waals surface area contributed by atoms with Crippen LogP contribution in [-0.4, -0.2) is 58.0 Å². The fourth-order valence-corrected chi connectivity index (χ4v) is 2.58.